The Morgan fingerprint density at radius 1 is 1.33 bits per heavy atom. The van der Waals surface area contributed by atoms with E-state index in [2.05, 4.69) is 15.3 Å². The van der Waals surface area contributed by atoms with E-state index < -0.39 is 0 Å². The summed E-state index contributed by atoms with van der Waals surface area (Å²) in [6.45, 7) is 0. The lowest BCUT2D eigenvalue weighted by molar-refractivity contribution is 0.864. The molecule has 2 aromatic rings. The molecular formula is C5H4N4. The molecule has 0 aliphatic carbocycles. The van der Waals surface area contributed by atoms with Gasteiger partial charge in [-0.3, -0.25) is 0 Å². The van der Waals surface area contributed by atoms with Gasteiger partial charge in [-0.15, -0.1) is 5.10 Å². The Morgan fingerprint density at radius 2 is 2.33 bits per heavy atom. The topological polar surface area (TPSA) is 43.1 Å². The van der Waals surface area contributed by atoms with Crippen molar-refractivity contribution in [2.24, 2.45) is 0 Å². The third-order valence-electron chi connectivity index (χ3n) is 1.12. The van der Waals surface area contributed by atoms with E-state index in [9.17, 15) is 0 Å². The summed E-state index contributed by atoms with van der Waals surface area (Å²) in [7, 11) is 0. The molecule has 0 amide bonds. The van der Waals surface area contributed by atoms with Crippen LogP contribution >= 0.6 is 0 Å². The largest absolute Gasteiger partial charge is 0.219 e. The minimum atomic E-state index is 0.963. The molecule has 0 saturated heterocycles. The first-order valence-corrected chi connectivity index (χ1v) is 2.57. The second kappa shape index (κ2) is 1.51. The molecule has 2 aromatic heterocycles. The first-order valence-electron chi connectivity index (χ1n) is 2.57. The van der Waals surface area contributed by atoms with E-state index >= 15 is 0 Å². The van der Waals surface area contributed by atoms with Crippen LogP contribution in [0.4, 0.5) is 0 Å². The molecule has 44 valence electrons. The zero-order valence-corrected chi connectivity index (χ0v) is 4.60. The average molecular weight is 120 g/mol. The Balaban J connectivity index is 2.95. The minimum absolute atomic E-state index is 0.963. The highest BCUT2D eigenvalue weighted by Gasteiger charge is 1.87. The predicted molar refractivity (Wildman–Crippen MR) is 30.8 cm³/mol. The van der Waals surface area contributed by atoms with Gasteiger partial charge in [0.05, 0.1) is 17.9 Å². The van der Waals surface area contributed by atoms with Crippen molar-refractivity contribution >= 4 is 5.52 Å². The number of hydrogen-bond acceptors (Lipinski definition) is 3. The van der Waals surface area contributed by atoms with Crippen molar-refractivity contribution in [3.8, 4) is 0 Å². The summed E-state index contributed by atoms with van der Waals surface area (Å²) in [5, 5.41) is 11.2. The van der Waals surface area contributed by atoms with Gasteiger partial charge in [0.15, 0.2) is 0 Å². The highest BCUT2D eigenvalue weighted by molar-refractivity contribution is 5.40. The highest BCUT2D eigenvalue weighted by atomic mass is 15.3. The van der Waals surface area contributed by atoms with Crippen LogP contribution in [0.5, 0.6) is 0 Å². The molecule has 0 atom stereocenters. The molecule has 4 nitrogen and oxygen atoms in total. The molecule has 0 fully saturated rings. The van der Waals surface area contributed by atoms with Crippen LogP contribution in [-0.4, -0.2) is 19.8 Å². The van der Waals surface area contributed by atoms with E-state index in [0.29, 0.717) is 0 Å². The molecule has 0 bridgehead atoms. The van der Waals surface area contributed by atoms with Crippen molar-refractivity contribution < 1.29 is 0 Å². The van der Waals surface area contributed by atoms with E-state index in [0.717, 1.165) is 5.52 Å². The normalized spacial score (nSPS) is 10.2. The molecule has 0 radical (unpaired) electrons. The standard InChI is InChI=1S/C5H4N4/c1-2-8-9-4-7-6-3-5(1)9/h1-4H. The lowest BCUT2D eigenvalue weighted by Gasteiger charge is -1.84. The van der Waals surface area contributed by atoms with Crippen molar-refractivity contribution in [3.05, 3.63) is 24.8 Å². The van der Waals surface area contributed by atoms with E-state index in [1.54, 1.807) is 23.2 Å². The first kappa shape index (κ1) is 4.43. The second-order valence-electron chi connectivity index (χ2n) is 1.68. The number of fused-ring (bicyclic) bond motifs is 1. The van der Waals surface area contributed by atoms with Gasteiger partial charge in [0.25, 0.3) is 0 Å². The van der Waals surface area contributed by atoms with Crippen molar-refractivity contribution in [1.29, 1.82) is 0 Å². The third-order valence-corrected chi connectivity index (χ3v) is 1.12. The third kappa shape index (κ3) is 0.561. The SMILES string of the molecule is c1cc2cnncn2n1. The highest BCUT2D eigenvalue weighted by Crippen LogP contribution is 1.93. The van der Waals surface area contributed by atoms with Gasteiger partial charge >= 0.3 is 0 Å². The minimum Gasteiger partial charge on any atom is -0.219 e. The molecule has 0 aliphatic rings. The smallest absolute Gasteiger partial charge is 0.140 e. The molecule has 0 unspecified atom stereocenters. The number of nitrogens with zero attached hydrogens (tertiary/aromatic N) is 4. The molecular weight excluding hydrogens is 116 g/mol. The summed E-state index contributed by atoms with van der Waals surface area (Å²) in [5.41, 5.74) is 0.963. The molecule has 0 N–H and O–H groups in total. The van der Waals surface area contributed by atoms with Crippen LogP contribution in [0.3, 0.4) is 0 Å². The maximum atomic E-state index is 3.93. The summed E-state index contributed by atoms with van der Waals surface area (Å²) in [4.78, 5) is 0. The lowest BCUT2D eigenvalue weighted by atomic mass is 10.6. The van der Waals surface area contributed by atoms with Crippen LogP contribution in [0.2, 0.25) is 0 Å². The van der Waals surface area contributed by atoms with E-state index in [-0.39, 0.29) is 0 Å². The van der Waals surface area contributed by atoms with Gasteiger partial charge in [0.1, 0.15) is 6.33 Å². The zero-order valence-electron chi connectivity index (χ0n) is 4.60. The van der Waals surface area contributed by atoms with Crippen LogP contribution in [0.15, 0.2) is 24.8 Å². The van der Waals surface area contributed by atoms with Gasteiger partial charge in [-0.25, -0.2) is 4.52 Å². The Labute approximate surface area is 51.1 Å². The fraction of sp³-hybridized carbons (Fsp3) is 0. The van der Waals surface area contributed by atoms with Crippen LogP contribution in [0, 0.1) is 0 Å². The van der Waals surface area contributed by atoms with Crippen molar-refractivity contribution in [2.45, 2.75) is 0 Å². The van der Waals surface area contributed by atoms with Gasteiger partial charge in [-0.2, -0.15) is 10.2 Å². The summed E-state index contributed by atoms with van der Waals surface area (Å²) in [5.74, 6) is 0. The number of aromatic nitrogens is 4. The molecule has 2 heterocycles. The molecule has 0 saturated carbocycles. The van der Waals surface area contributed by atoms with Crippen LogP contribution in [0.25, 0.3) is 5.52 Å². The monoisotopic (exact) mass is 120 g/mol. The van der Waals surface area contributed by atoms with Crippen LogP contribution in [-0.2, 0) is 0 Å². The van der Waals surface area contributed by atoms with E-state index in [1.165, 1.54) is 0 Å². The van der Waals surface area contributed by atoms with Crippen LogP contribution < -0.4 is 0 Å². The average Bonchev–Trinajstić information content (AvgIpc) is 2.33. The Bertz CT molecular complexity index is 283. The first-order chi connectivity index (χ1) is 4.47. The molecule has 2 rings (SSSR count). The predicted octanol–water partition coefficient (Wildman–Crippen LogP) is 0.124. The molecule has 0 aromatic carbocycles. The Morgan fingerprint density at radius 3 is 3.22 bits per heavy atom. The van der Waals surface area contributed by atoms with Gasteiger partial charge < -0.3 is 0 Å². The fourth-order valence-electron chi connectivity index (χ4n) is 0.694. The zero-order chi connectivity index (χ0) is 6.10. The van der Waals surface area contributed by atoms with E-state index in [1.807, 2.05) is 6.07 Å². The maximum Gasteiger partial charge on any atom is 0.140 e. The molecule has 0 aliphatic heterocycles. The molecule has 4 heteroatoms. The van der Waals surface area contributed by atoms with Crippen molar-refractivity contribution in [3.63, 3.8) is 0 Å². The van der Waals surface area contributed by atoms with Crippen molar-refractivity contribution in [2.75, 3.05) is 0 Å². The fourth-order valence-corrected chi connectivity index (χ4v) is 0.694. The molecule has 9 heavy (non-hydrogen) atoms. The van der Waals surface area contributed by atoms with Crippen molar-refractivity contribution in [1.82, 2.24) is 19.8 Å². The van der Waals surface area contributed by atoms with Gasteiger partial charge in [-0.1, -0.05) is 0 Å². The van der Waals surface area contributed by atoms with E-state index in [4.69, 9.17) is 0 Å². The second-order valence-corrected chi connectivity index (χ2v) is 1.68. The molecule has 0 spiro atoms. The van der Waals surface area contributed by atoms with Crippen LogP contribution in [0.1, 0.15) is 0 Å². The van der Waals surface area contributed by atoms with Gasteiger partial charge in [0.2, 0.25) is 0 Å². The summed E-state index contributed by atoms with van der Waals surface area (Å²) in [6.07, 6.45) is 4.93. The lowest BCUT2D eigenvalue weighted by Crippen LogP contribution is -1.88. The van der Waals surface area contributed by atoms with Gasteiger partial charge in [0, 0.05) is 0 Å². The quantitative estimate of drug-likeness (QED) is 0.496. The summed E-state index contributed by atoms with van der Waals surface area (Å²) < 4.78 is 1.66. The number of rotatable bonds is 0. The summed E-state index contributed by atoms with van der Waals surface area (Å²) in [6, 6.07) is 1.87. The summed E-state index contributed by atoms with van der Waals surface area (Å²) >= 11 is 0. The maximum absolute atomic E-state index is 3.93. The Kier molecular flexibility index (Phi) is 0.745. The Hall–Kier alpha value is -1.45. The number of hydrogen-bond donors (Lipinski definition) is 0. The van der Waals surface area contributed by atoms with Gasteiger partial charge in [-0.05, 0) is 6.07 Å².